The third kappa shape index (κ3) is 4.92. The molecule has 4 rings (SSSR count). The van der Waals surface area contributed by atoms with Crippen LogP contribution in [-0.2, 0) is 11.3 Å². The summed E-state index contributed by atoms with van der Waals surface area (Å²) < 4.78 is 24.0. The number of anilines is 2. The van der Waals surface area contributed by atoms with Crippen molar-refractivity contribution in [3.8, 4) is 11.4 Å². The van der Waals surface area contributed by atoms with Gasteiger partial charge in [0.25, 0.3) is 0 Å². The fourth-order valence-corrected chi connectivity index (χ4v) is 4.07. The summed E-state index contributed by atoms with van der Waals surface area (Å²) in [5.41, 5.74) is 4.47. The van der Waals surface area contributed by atoms with E-state index in [0.717, 1.165) is 35.7 Å². The summed E-state index contributed by atoms with van der Waals surface area (Å²) in [6.45, 7) is 12.4. The maximum absolute atomic E-state index is 10.8. The summed E-state index contributed by atoms with van der Waals surface area (Å²) in [4.78, 5) is 13.5. The molecule has 0 radical (unpaired) electrons. The molecule has 1 aliphatic rings. The first-order valence-electron chi connectivity index (χ1n) is 11.2. The molecule has 34 heavy (non-hydrogen) atoms. The first kappa shape index (κ1) is 23.8. The minimum Gasteiger partial charge on any atom is -0.755 e. The van der Waals surface area contributed by atoms with E-state index in [2.05, 4.69) is 61.5 Å². The molecule has 9 nitrogen and oxygen atoms in total. The van der Waals surface area contributed by atoms with Crippen molar-refractivity contribution in [1.82, 2.24) is 14.9 Å². The highest BCUT2D eigenvalue weighted by Gasteiger charge is 2.34. The highest BCUT2D eigenvalue weighted by Crippen LogP contribution is 2.29. The van der Waals surface area contributed by atoms with Crippen LogP contribution in [0, 0.1) is 5.41 Å². The van der Waals surface area contributed by atoms with E-state index >= 15 is 0 Å². The second-order valence-corrected chi connectivity index (χ2v) is 9.58. The number of fused-ring (bicyclic) bond motifs is 1. The van der Waals surface area contributed by atoms with Crippen LogP contribution in [0.2, 0.25) is 0 Å². The minimum absolute atomic E-state index is 0.246. The van der Waals surface area contributed by atoms with Gasteiger partial charge in [0.15, 0.2) is 5.82 Å². The molecular formula is C24H28N7O2S-. The third-order valence-corrected chi connectivity index (χ3v) is 5.90. The number of rotatable bonds is 7. The molecule has 1 aliphatic heterocycles. The zero-order chi connectivity index (χ0) is 24.5. The van der Waals surface area contributed by atoms with Gasteiger partial charge in [-0.1, -0.05) is 20.8 Å². The Labute approximate surface area is 202 Å². The number of nitrogens with zero attached hydrogens (tertiary/aromatic N) is 6. The van der Waals surface area contributed by atoms with Crippen LogP contribution in [0.3, 0.4) is 0 Å². The smallest absolute Gasteiger partial charge is 0.204 e. The molecule has 0 bridgehead atoms. The fourth-order valence-electron chi connectivity index (χ4n) is 3.74. The molecule has 0 spiro atoms. The molecule has 2 aromatic carbocycles. The van der Waals surface area contributed by atoms with Gasteiger partial charge in [-0.05, 0) is 62.4 Å². The molecule has 0 aliphatic carbocycles. The van der Waals surface area contributed by atoms with Crippen LogP contribution in [0.1, 0.15) is 40.4 Å². The molecule has 0 saturated carbocycles. The summed E-state index contributed by atoms with van der Waals surface area (Å²) in [6.07, 6.45) is 0. The normalized spacial score (nSPS) is 15.2. The summed E-state index contributed by atoms with van der Waals surface area (Å²) in [7, 11) is 0. The molecule has 0 amide bonds. The van der Waals surface area contributed by atoms with E-state index in [4.69, 9.17) is 15.1 Å². The average molecular weight is 479 g/mol. The summed E-state index contributed by atoms with van der Waals surface area (Å²) in [5, 5.41) is 9.26. The molecule has 1 atom stereocenters. The van der Waals surface area contributed by atoms with Crippen LogP contribution in [0.4, 0.5) is 17.1 Å². The highest BCUT2D eigenvalue weighted by molar-refractivity contribution is 7.80. The lowest BCUT2D eigenvalue weighted by molar-refractivity contribution is 0.542. The lowest BCUT2D eigenvalue weighted by atomic mass is 9.87. The Hall–Kier alpha value is -3.37. The van der Waals surface area contributed by atoms with E-state index in [1.54, 1.807) is 24.3 Å². The quantitative estimate of drug-likeness (QED) is 0.507. The SMILES string of the molecule is CCN(CC)c1ccc(N=C2C(C(C)(C)C)=Nn3nc(-c4ccc(NS(=O)[O-])cc4)nc32)cc1. The van der Waals surface area contributed by atoms with Crippen molar-refractivity contribution in [2.45, 2.75) is 34.6 Å². The summed E-state index contributed by atoms with van der Waals surface area (Å²) in [6, 6.07) is 15.0. The molecule has 3 aromatic rings. The van der Waals surface area contributed by atoms with Gasteiger partial charge in [0.2, 0.25) is 5.82 Å². The van der Waals surface area contributed by atoms with E-state index in [-0.39, 0.29) is 5.41 Å². The Kier molecular flexibility index (Phi) is 6.63. The van der Waals surface area contributed by atoms with Crippen LogP contribution < -0.4 is 9.62 Å². The van der Waals surface area contributed by atoms with Crippen LogP contribution >= 0.6 is 0 Å². The summed E-state index contributed by atoms with van der Waals surface area (Å²) >= 11 is -2.37. The minimum atomic E-state index is -2.37. The largest absolute Gasteiger partial charge is 0.755 e. The molecule has 1 aromatic heterocycles. The van der Waals surface area contributed by atoms with Crippen molar-refractivity contribution in [3.05, 3.63) is 54.4 Å². The topological polar surface area (TPSA) is 111 Å². The first-order valence-corrected chi connectivity index (χ1v) is 12.2. The number of hydrogen-bond acceptors (Lipinski definition) is 7. The van der Waals surface area contributed by atoms with Crippen LogP contribution in [-0.4, -0.2) is 48.1 Å². The zero-order valence-electron chi connectivity index (χ0n) is 19.9. The van der Waals surface area contributed by atoms with Crippen LogP contribution in [0.25, 0.3) is 11.4 Å². The predicted molar refractivity (Wildman–Crippen MR) is 136 cm³/mol. The number of aliphatic imine (C=N–C) groups is 1. The monoisotopic (exact) mass is 478 g/mol. The maximum Gasteiger partial charge on any atom is 0.204 e. The van der Waals surface area contributed by atoms with Crippen molar-refractivity contribution in [2.24, 2.45) is 15.5 Å². The van der Waals surface area contributed by atoms with Crippen molar-refractivity contribution >= 4 is 39.8 Å². The van der Waals surface area contributed by atoms with Crippen LogP contribution in [0.15, 0.2) is 58.6 Å². The Bertz CT molecular complexity index is 1250. The van der Waals surface area contributed by atoms with Gasteiger partial charge in [-0.15, -0.1) is 9.89 Å². The molecule has 1 unspecified atom stereocenters. The van der Waals surface area contributed by atoms with E-state index in [1.165, 1.54) is 4.79 Å². The Morgan fingerprint density at radius 3 is 2.26 bits per heavy atom. The van der Waals surface area contributed by atoms with Gasteiger partial charge in [-0.3, -0.25) is 4.21 Å². The van der Waals surface area contributed by atoms with Crippen molar-refractivity contribution in [2.75, 3.05) is 22.7 Å². The number of nitrogens with one attached hydrogen (secondary N) is 1. The van der Waals surface area contributed by atoms with Crippen molar-refractivity contribution in [3.63, 3.8) is 0 Å². The predicted octanol–water partition coefficient (Wildman–Crippen LogP) is 4.38. The Morgan fingerprint density at radius 2 is 1.71 bits per heavy atom. The molecule has 2 heterocycles. The Morgan fingerprint density at radius 1 is 1.06 bits per heavy atom. The van der Waals surface area contributed by atoms with Gasteiger partial charge >= 0.3 is 0 Å². The van der Waals surface area contributed by atoms with Crippen LogP contribution in [0.5, 0.6) is 0 Å². The number of benzene rings is 2. The average Bonchev–Trinajstić information content (AvgIpc) is 3.35. The molecule has 178 valence electrons. The summed E-state index contributed by atoms with van der Waals surface area (Å²) in [5.74, 6) is 1.07. The zero-order valence-corrected chi connectivity index (χ0v) is 20.8. The number of aromatic nitrogens is 3. The lowest BCUT2D eigenvalue weighted by Gasteiger charge is -2.21. The molecule has 0 saturated heterocycles. The van der Waals surface area contributed by atoms with Gasteiger partial charge in [0, 0.05) is 46.7 Å². The van der Waals surface area contributed by atoms with Gasteiger partial charge in [-0.25, -0.2) is 9.98 Å². The van der Waals surface area contributed by atoms with Gasteiger partial charge in [0.1, 0.15) is 5.71 Å². The van der Waals surface area contributed by atoms with Gasteiger partial charge in [0.05, 0.1) is 11.4 Å². The van der Waals surface area contributed by atoms with E-state index in [1.807, 2.05) is 12.1 Å². The van der Waals surface area contributed by atoms with Crippen molar-refractivity contribution < 1.29 is 8.76 Å². The Balaban J connectivity index is 1.69. The third-order valence-electron chi connectivity index (χ3n) is 5.50. The first-order chi connectivity index (χ1) is 16.2. The molecule has 10 heteroatoms. The van der Waals surface area contributed by atoms with Gasteiger partial charge < -0.3 is 14.2 Å². The van der Waals surface area contributed by atoms with Gasteiger partial charge in [-0.2, -0.15) is 5.10 Å². The fraction of sp³-hybridized carbons (Fsp3) is 0.333. The standard InChI is InChI=1S/C24H29N7O2S/c1-6-30(7-2)19-14-12-17(13-15-19)25-20-21(24(3,4)5)27-31-23(20)26-22(28-31)16-8-10-18(11-9-16)29-34(32)33/h8-15,29H,6-7H2,1-5H3,(H,32,33)/p-1. The second kappa shape index (κ2) is 9.47. The second-order valence-electron chi connectivity index (χ2n) is 8.91. The van der Waals surface area contributed by atoms with E-state index < -0.39 is 11.3 Å². The lowest BCUT2D eigenvalue weighted by Crippen LogP contribution is -2.27. The molecular weight excluding hydrogens is 450 g/mol. The number of hydrogen-bond donors (Lipinski definition) is 1. The van der Waals surface area contributed by atoms with E-state index in [0.29, 0.717) is 23.0 Å². The molecule has 0 fully saturated rings. The van der Waals surface area contributed by atoms with Crippen molar-refractivity contribution in [1.29, 1.82) is 0 Å². The van der Waals surface area contributed by atoms with E-state index in [9.17, 15) is 8.76 Å². The highest BCUT2D eigenvalue weighted by atomic mass is 32.2. The maximum atomic E-state index is 10.8. The molecule has 1 N–H and O–H groups in total.